The molecule has 3 nitrogen and oxygen atoms in total. The van der Waals surface area contributed by atoms with E-state index < -0.39 is 5.54 Å². The maximum absolute atomic E-state index is 9.46. The highest BCUT2D eigenvalue weighted by Crippen LogP contribution is 2.26. The molecule has 0 amide bonds. The Kier molecular flexibility index (Phi) is 5.51. The lowest BCUT2D eigenvalue weighted by molar-refractivity contribution is 0.414. The number of hydrogen-bond donors (Lipinski definition) is 1. The number of methoxy groups -OCH3 is 1. The number of rotatable bonds is 7. The van der Waals surface area contributed by atoms with E-state index in [1.54, 1.807) is 7.11 Å². The maximum atomic E-state index is 9.46. The minimum Gasteiger partial charge on any atom is -0.497 e. The Bertz CT molecular complexity index is 386. The Balaban J connectivity index is 2.84. The fraction of sp³-hybridized carbons (Fsp3) is 0.533. The highest BCUT2D eigenvalue weighted by atomic mass is 16.5. The van der Waals surface area contributed by atoms with Crippen LogP contribution in [0.5, 0.6) is 5.75 Å². The Morgan fingerprint density at radius 3 is 2.11 bits per heavy atom. The van der Waals surface area contributed by atoms with Gasteiger partial charge in [-0.1, -0.05) is 26.7 Å². The predicted octanol–water partition coefficient (Wildman–Crippen LogP) is 3.97. The van der Waals surface area contributed by atoms with Crippen molar-refractivity contribution in [3.05, 3.63) is 24.3 Å². The van der Waals surface area contributed by atoms with E-state index in [1.807, 2.05) is 24.3 Å². The molecular formula is C15H22N2O. The van der Waals surface area contributed by atoms with Crippen molar-refractivity contribution >= 4 is 5.69 Å². The minimum atomic E-state index is -0.446. The van der Waals surface area contributed by atoms with Crippen LogP contribution in [0.4, 0.5) is 5.69 Å². The molecule has 0 aliphatic heterocycles. The third kappa shape index (κ3) is 3.66. The normalized spacial score (nSPS) is 10.8. The molecule has 0 unspecified atom stereocenters. The second kappa shape index (κ2) is 6.90. The first-order valence-corrected chi connectivity index (χ1v) is 6.53. The second-order valence-corrected chi connectivity index (χ2v) is 4.55. The molecule has 1 N–H and O–H groups in total. The number of nitriles is 1. The van der Waals surface area contributed by atoms with E-state index in [-0.39, 0.29) is 0 Å². The monoisotopic (exact) mass is 246 g/mol. The van der Waals surface area contributed by atoms with Gasteiger partial charge in [-0.15, -0.1) is 0 Å². The van der Waals surface area contributed by atoms with Crippen molar-refractivity contribution in [3.63, 3.8) is 0 Å². The number of benzene rings is 1. The van der Waals surface area contributed by atoms with Gasteiger partial charge in [-0.2, -0.15) is 5.26 Å². The Hall–Kier alpha value is -1.69. The van der Waals surface area contributed by atoms with E-state index in [0.717, 1.165) is 37.1 Å². The number of anilines is 1. The van der Waals surface area contributed by atoms with Crippen molar-refractivity contribution in [1.82, 2.24) is 0 Å². The summed E-state index contributed by atoms with van der Waals surface area (Å²) in [5, 5.41) is 12.8. The molecule has 18 heavy (non-hydrogen) atoms. The van der Waals surface area contributed by atoms with Gasteiger partial charge in [-0.05, 0) is 37.1 Å². The molecule has 0 atom stereocenters. The lowest BCUT2D eigenvalue weighted by atomic mass is 9.90. The van der Waals surface area contributed by atoms with Crippen LogP contribution >= 0.6 is 0 Å². The molecule has 0 heterocycles. The van der Waals surface area contributed by atoms with Gasteiger partial charge in [0.2, 0.25) is 0 Å². The standard InChI is InChI=1S/C15H22N2O/c1-4-10-15(12-16,11-5-2)17-13-6-8-14(18-3)9-7-13/h6-9,17H,4-5,10-11H2,1-3H3. The zero-order chi connectivity index (χ0) is 13.4. The van der Waals surface area contributed by atoms with Gasteiger partial charge in [0.25, 0.3) is 0 Å². The topological polar surface area (TPSA) is 45.0 Å². The van der Waals surface area contributed by atoms with Gasteiger partial charge < -0.3 is 10.1 Å². The molecule has 0 saturated carbocycles. The van der Waals surface area contributed by atoms with Crippen molar-refractivity contribution in [2.45, 2.75) is 45.1 Å². The zero-order valence-corrected chi connectivity index (χ0v) is 11.5. The first-order chi connectivity index (χ1) is 8.69. The van der Waals surface area contributed by atoms with Crippen molar-refractivity contribution < 1.29 is 4.74 Å². The van der Waals surface area contributed by atoms with Crippen LogP contribution in [0.3, 0.4) is 0 Å². The molecule has 0 aromatic heterocycles. The maximum Gasteiger partial charge on any atom is 0.125 e. The first-order valence-electron chi connectivity index (χ1n) is 6.53. The molecule has 0 radical (unpaired) electrons. The summed E-state index contributed by atoms with van der Waals surface area (Å²) in [6, 6.07) is 10.2. The summed E-state index contributed by atoms with van der Waals surface area (Å²) >= 11 is 0. The van der Waals surface area contributed by atoms with Crippen LogP contribution in [0.1, 0.15) is 39.5 Å². The van der Waals surface area contributed by atoms with Gasteiger partial charge in [0.15, 0.2) is 0 Å². The van der Waals surface area contributed by atoms with Crippen LogP contribution in [0.2, 0.25) is 0 Å². The van der Waals surface area contributed by atoms with Crippen molar-refractivity contribution in [1.29, 1.82) is 5.26 Å². The molecule has 0 aliphatic rings. The smallest absolute Gasteiger partial charge is 0.125 e. The number of nitrogens with one attached hydrogen (secondary N) is 1. The summed E-state index contributed by atoms with van der Waals surface area (Å²) in [7, 11) is 1.65. The molecule has 0 spiro atoms. The van der Waals surface area contributed by atoms with Crippen LogP contribution in [-0.4, -0.2) is 12.6 Å². The summed E-state index contributed by atoms with van der Waals surface area (Å²) in [5.41, 5.74) is 0.525. The average Bonchev–Trinajstić information content (AvgIpc) is 2.40. The molecule has 0 saturated heterocycles. The van der Waals surface area contributed by atoms with E-state index in [9.17, 15) is 5.26 Å². The van der Waals surface area contributed by atoms with Crippen molar-refractivity contribution in [3.8, 4) is 11.8 Å². The van der Waals surface area contributed by atoms with Gasteiger partial charge in [0, 0.05) is 5.69 Å². The molecule has 0 aliphatic carbocycles. The summed E-state index contributed by atoms with van der Waals surface area (Å²) in [6.45, 7) is 4.22. The van der Waals surface area contributed by atoms with Gasteiger partial charge in [0.1, 0.15) is 11.3 Å². The number of ether oxygens (including phenoxy) is 1. The van der Waals surface area contributed by atoms with E-state index >= 15 is 0 Å². The lowest BCUT2D eigenvalue weighted by Gasteiger charge is -2.28. The van der Waals surface area contributed by atoms with Crippen molar-refractivity contribution in [2.24, 2.45) is 0 Å². The van der Waals surface area contributed by atoms with E-state index in [1.165, 1.54) is 0 Å². The molecule has 0 fully saturated rings. The van der Waals surface area contributed by atoms with Crippen LogP contribution in [0.25, 0.3) is 0 Å². The first kappa shape index (κ1) is 14.4. The molecule has 98 valence electrons. The predicted molar refractivity (Wildman–Crippen MR) is 74.8 cm³/mol. The van der Waals surface area contributed by atoms with E-state index in [4.69, 9.17) is 4.74 Å². The average molecular weight is 246 g/mol. The van der Waals surface area contributed by atoms with Crippen LogP contribution in [0, 0.1) is 11.3 Å². The third-order valence-corrected chi connectivity index (χ3v) is 3.04. The van der Waals surface area contributed by atoms with Crippen molar-refractivity contribution in [2.75, 3.05) is 12.4 Å². The molecule has 1 aromatic rings. The zero-order valence-electron chi connectivity index (χ0n) is 11.5. The third-order valence-electron chi connectivity index (χ3n) is 3.04. The Morgan fingerprint density at radius 1 is 1.17 bits per heavy atom. The highest BCUT2D eigenvalue weighted by molar-refractivity contribution is 5.50. The largest absolute Gasteiger partial charge is 0.497 e. The molecular weight excluding hydrogens is 224 g/mol. The molecule has 1 aromatic carbocycles. The van der Waals surface area contributed by atoms with Crippen LogP contribution in [-0.2, 0) is 0 Å². The van der Waals surface area contributed by atoms with Crippen LogP contribution < -0.4 is 10.1 Å². The van der Waals surface area contributed by atoms with Gasteiger partial charge in [-0.3, -0.25) is 0 Å². The lowest BCUT2D eigenvalue weighted by Crippen LogP contribution is -2.36. The van der Waals surface area contributed by atoms with Gasteiger partial charge >= 0.3 is 0 Å². The molecule has 3 heteroatoms. The second-order valence-electron chi connectivity index (χ2n) is 4.55. The molecule has 0 bridgehead atoms. The van der Waals surface area contributed by atoms with Gasteiger partial charge in [0.05, 0.1) is 13.2 Å². The fourth-order valence-corrected chi connectivity index (χ4v) is 2.19. The SMILES string of the molecule is CCCC(C#N)(CCC)Nc1ccc(OC)cc1. The fourth-order valence-electron chi connectivity index (χ4n) is 2.19. The van der Waals surface area contributed by atoms with E-state index in [2.05, 4.69) is 25.2 Å². The Labute approximate surface area is 110 Å². The summed E-state index contributed by atoms with van der Waals surface area (Å²) < 4.78 is 5.13. The van der Waals surface area contributed by atoms with E-state index in [0.29, 0.717) is 0 Å². The Morgan fingerprint density at radius 2 is 1.72 bits per heavy atom. The summed E-state index contributed by atoms with van der Waals surface area (Å²) in [5.74, 6) is 0.828. The summed E-state index contributed by atoms with van der Waals surface area (Å²) in [6.07, 6.45) is 3.72. The number of nitrogens with zero attached hydrogens (tertiary/aromatic N) is 1. The highest BCUT2D eigenvalue weighted by Gasteiger charge is 2.27. The van der Waals surface area contributed by atoms with Gasteiger partial charge in [-0.25, -0.2) is 0 Å². The number of hydrogen-bond acceptors (Lipinski definition) is 3. The minimum absolute atomic E-state index is 0.446. The quantitative estimate of drug-likeness (QED) is 0.791. The summed E-state index contributed by atoms with van der Waals surface area (Å²) in [4.78, 5) is 0. The van der Waals surface area contributed by atoms with Crippen LogP contribution in [0.15, 0.2) is 24.3 Å². The molecule has 1 rings (SSSR count).